The molecule has 0 spiro atoms. The predicted molar refractivity (Wildman–Crippen MR) is 72.8 cm³/mol. The minimum Gasteiger partial charge on any atom is -0.391 e. The number of aliphatic hydroxyl groups excluding tert-OH is 1. The lowest BCUT2D eigenvalue weighted by Crippen LogP contribution is -2.49. The monoisotopic (exact) mass is 252 g/mol. The third kappa shape index (κ3) is 2.37. The zero-order valence-corrected chi connectivity index (χ0v) is 11.8. The molecule has 1 N–H and O–H groups in total. The molecule has 5 nitrogen and oxygen atoms in total. The highest BCUT2D eigenvalue weighted by molar-refractivity contribution is 5.50. The molecule has 1 fully saturated rings. The first kappa shape index (κ1) is 13.4. The molecule has 1 aromatic rings. The van der Waals surface area contributed by atoms with Gasteiger partial charge in [0.1, 0.15) is 5.82 Å². The number of hydrogen-bond donors (Lipinski definition) is 1. The van der Waals surface area contributed by atoms with Crippen molar-refractivity contribution in [3.8, 4) is 0 Å². The molecule has 0 amide bonds. The molecule has 0 aliphatic carbocycles. The van der Waals surface area contributed by atoms with Crippen molar-refractivity contribution in [3.05, 3.63) is 11.3 Å². The van der Waals surface area contributed by atoms with Gasteiger partial charge in [0, 0.05) is 44.8 Å². The minimum absolute atomic E-state index is 0.0689. The van der Waals surface area contributed by atoms with E-state index in [1.54, 1.807) is 0 Å². The van der Waals surface area contributed by atoms with Gasteiger partial charge < -0.3 is 10.0 Å². The lowest BCUT2D eigenvalue weighted by Gasteiger charge is -2.38. The van der Waals surface area contributed by atoms with Crippen molar-refractivity contribution >= 4 is 5.82 Å². The molecule has 102 valence electrons. The average Bonchev–Trinajstić information content (AvgIpc) is 2.63. The van der Waals surface area contributed by atoms with Gasteiger partial charge in [0.15, 0.2) is 0 Å². The largest absolute Gasteiger partial charge is 0.391 e. The van der Waals surface area contributed by atoms with Crippen LogP contribution in [0.25, 0.3) is 0 Å². The Labute approximate surface area is 109 Å². The maximum Gasteiger partial charge on any atom is 0.132 e. The maximum absolute atomic E-state index is 9.49. The van der Waals surface area contributed by atoms with Crippen LogP contribution in [0.5, 0.6) is 0 Å². The summed E-state index contributed by atoms with van der Waals surface area (Å²) in [6.45, 7) is 10.7. The van der Waals surface area contributed by atoms with Gasteiger partial charge in [-0.1, -0.05) is 0 Å². The first-order valence-electron chi connectivity index (χ1n) is 6.67. The van der Waals surface area contributed by atoms with Gasteiger partial charge in [-0.3, -0.25) is 9.58 Å². The topological polar surface area (TPSA) is 44.5 Å². The van der Waals surface area contributed by atoms with Gasteiger partial charge in [0.05, 0.1) is 12.3 Å². The predicted octanol–water partition coefficient (Wildman–Crippen LogP) is 0.751. The number of aromatic nitrogens is 2. The molecule has 0 unspecified atom stereocenters. The molecule has 1 aliphatic heterocycles. The van der Waals surface area contributed by atoms with E-state index in [0.717, 1.165) is 43.3 Å². The second kappa shape index (κ2) is 5.28. The third-order valence-electron chi connectivity index (χ3n) is 3.82. The highest BCUT2D eigenvalue weighted by Gasteiger charge is 2.24. The molecule has 1 aromatic heterocycles. The van der Waals surface area contributed by atoms with E-state index in [1.807, 2.05) is 18.7 Å². The zero-order chi connectivity index (χ0) is 13.3. The van der Waals surface area contributed by atoms with Gasteiger partial charge in [-0.05, 0) is 20.8 Å². The quantitative estimate of drug-likeness (QED) is 0.862. The molecule has 2 heterocycles. The molecule has 0 saturated carbocycles. The Morgan fingerprint density at radius 3 is 2.33 bits per heavy atom. The molecular weight excluding hydrogens is 228 g/mol. The summed E-state index contributed by atoms with van der Waals surface area (Å²) in [7, 11) is 1.95. The summed E-state index contributed by atoms with van der Waals surface area (Å²) in [5, 5.41) is 13.9. The Hall–Kier alpha value is -1.07. The number of piperazine rings is 1. The lowest BCUT2D eigenvalue weighted by molar-refractivity contribution is 0.208. The van der Waals surface area contributed by atoms with Crippen LogP contribution in [0, 0.1) is 6.92 Å². The van der Waals surface area contributed by atoms with Crippen LogP contribution in [-0.4, -0.2) is 52.0 Å². The Balaban J connectivity index is 2.14. The van der Waals surface area contributed by atoms with Gasteiger partial charge in [-0.25, -0.2) is 0 Å². The smallest absolute Gasteiger partial charge is 0.132 e. The summed E-state index contributed by atoms with van der Waals surface area (Å²) in [5.74, 6) is 1.08. The van der Waals surface area contributed by atoms with Crippen molar-refractivity contribution in [2.24, 2.45) is 7.05 Å². The number of hydrogen-bond acceptors (Lipinski definition) is 4. The fourth-order valence-electron chi connectivity index (χ4n) is 2.72. The van der Waals surface area contributed by atoms with E-state index in [1.165, 1.54) is 0 Å². The van der Waals surface area contributed by atoms with Gasteiger partial charge in [0.25, 0.3) is 0 Å². The second-order valence-electron chi connectivity index (χ2n) is 5.29. The minimum atomic E-state index is 0.0689. The lowest BCUT2D eigenvalue weighted by atomic mass is 10.2. The molecule has 2 rings (SSSR count). The SMILES string of the molecule is Cc1nn(C)c(N2CCN(C(C)C)CC2)c1CO. The van der Waals surface area contributed by atoms with E-state index < -0.39 is 0 Å². The Bertz CT molecular complexity index is 405. The summed E-state index contributed by atoms with van der Waals surface area (Å²) < 4.78 is 1.89. The van der Waals surface area contributed by atoms with Crippen LogP contribution in [0.15, 0.2) is 0 Å². The van der Waals surface area contributed by atoms with Crippen LogP contribution in [-0.2, 0) is 13.7 Å². The van der Waals surface area contributed by atoms with Gasteiger partial charge in [0.2, 0.25) is 0 Å². The fraction of sp³-hybridized carbons (Fsp3) is 0.769. The number of nitrogens with zero attached hydrogens (tertiary/aromatic N) is 4. The average molecular weight is 252 g/mol. The van der Waals surface area contributed by atoms with E-state index in [2.05, 4.69) is 28.7 Å². The van der Waals surface area contributed by atoms with E-state index >= 15 is 0 Å². The molecule has 0 aromatic carbocycles. The van der Waals surface area contributed by atoms with Gasteiger partial charge >= 0.3 is 0 Å². The zero-order valence-electron chi connectivity index (χ0n) is 11.8. The Morgan fingerprint density at radius 2 is 1.83 bits per heavy atom. The van der Waals surface area contributed by atoms with Gasteiger partial charge in [-0.2, -0.15) is 5.10 Å². The fourth-order valence-corrected chi connectivity index (χ4v) is 2.72. The summed E-state index contributed by atoms with van der Waals surface area (Å²) in [4.78, 5) is 4.82. The highest BCUT2D eigenvalue weighted by Crippen LogP contribution is 2.24. The van der Waals surface area contributed by atoms with Crippen molar-refractivity contribution < 1.29 is 5.11 Å². The van der Waals surface area contributed by atoms with Crippen molar-refractivity contribution in [1.29, 1.82) is 0 Å². The Morgan fingerprint density at radius 1 is 1.22 bits per heavy atom. The van der Waals surface area contributed by atoms with Crippen molar-refractivity contribution in [2.75, 3.05) is 31.1 Å². The first-order chi connectivity index (χ1) is 8.54. The van der Waals surface area contributed by atoms with Crippen molar-refractivity contribution in [1.82, 2.24) is 14.7 Å². The van der Waals surface area contributed by atoms with Crippen LogP contribution in [0.2, 0.25) is 0 Å². The first-order valence-corrected chi connectivity index (χ1v) is 6.67. The number of aliphatic hydroxyl groups is 1. The molecule has 18 heavy (non-hydrogen) atoms. The molecule has 5 heteroatoms. The van der Waals surface area contributed by atoms with Crippen LogP contribution in [0.3, 0.4) is 0 Å². The molecule has 0 radical (unpaired) electrons. The molecule has 0 bridgehead atoms. The third-order valence-corrected chi connectivity index (χ3v) is 3.82. The number of anilines is 1. The number of aryl methyl sites for hydroxylation is 2. The summed E-state index contributed by atoms with van der Waals surface area (Å²) >= 11 is 0. The van der Waals surface area contributed by atoms with E-state index in [4.69, 9.17) is 0 Å². The van der Waals surface area contributed by atoms with E-state index in [-0.39, 0.29) is 6.61 Å². The van der Waals surface area contributed by atoms with Crippen LogP contribution < -0.4 is 4.90 Å². The Kier molecular flexibility index (Phi) is 3.92. The van der Waals surface area contributed by atoms with E-state index in [9.17, 15) is 5.11 Å². The van der Waals surface area contributed by atoms with Crippen molar-refractivity contribution in [3.63, 3.8) is 0 Å². The maximum atomic E-state index is 9.49. The summed E-state index contributed by atoms with van der Waals surface area (Å²) in [6.07, 6.45) is 0. The normalized spacial score (nSPS) is 17.8. The molecule has 1 saturated heterocycles. The molecule has 0 atom stereocenters. The summed E-state index contributed by atoms with van der Waals surface area (Å²) in [6, 6.07) is 0.609. The molecule has 1 aliphatic rings. The van der Waals surface area contributed by atoms with Crippen LogP contribution in [0.1, 0.15) is 25.1 Å². The number of rotatable bonds is 3. The van der Waals surface area contributed by atoms with Crippen LogP contribution >= 0.6 is 0 Å². The van der Waals surface area contributed by atoms with Gasteiger partial charge in [-0.15, -0.1) is 0 Å². The van der Waals surface area contributed by atoms with E-state index in [0.29, 0.717) is 6.04 Å². The van der Waals surface area contributed by atoms with Crippen molar-refractivity contribution in [2.45, 2.75) is 33.4 Å². The van der Waals surface area contributed by atoms with Crippen LogP contribution in [0.4, 0.5) is 5.82 Å². The second-order valence-corrected chi connectivity index (χ2v) is 5.29. The molecular formula is C13H24N4O. The summed E-state index contributed by atoms with van der Waals surface area (Å²) in [5.41, 5.74) is 1.90. The highest BCUT2D eigenvalue weighted by atomic mass is 16.3. The standard InChI is InChI=1S/C13H24N4O/c1-10(2)16-5-7-17(8-6-16)13-12(9-18)11(3)14-15(13)4/h10,18H,5-9H2,1-4H3.